The summed E-state index contributed by atoms with van der Waals surface area (Å²) in [5.74, 6) is -0.171. The monoisotopic (exact) mass is 454 g/mol. The van der Waals surface area contributed by atoms with Crippen LogP contribution in [0.25, 0.3) is 10.1 Å². The van der Waals surface area contributed by atoms with Crippen LogP contribution in [0.4, 0.5) is 20.6 Å². The van der Waals surface area contributed by atoms with Crippen molar-refractivity contribution in [3.8, 4) is 0 Å². The van der Waals surface area contributed by atoms with Crippen molar-refractivity contribution in [3.05, 3.63) is 59.2 Å². The number of aryl methyl sites for hydroxylation is 1. The number of unbranched alkanes of at least 4 members (excludes halogenated alkanes) is 1. The molecule has 32 heavy (non-hydrogen) atoms. The smallest absolute Gasteiger partial charge is 0.319 e. The summed E-state index contributed by atoms with van der Waals surface area (Å²) < 4.78 is 14.5. The number of carbonyl (C=O) groups is 1. The van der Waals surface area contributed by atoms with E-state index >= 15 is 0 Å². The highest BCUT2D eigenvalue weighted by Crippen LogP contribution is 2.34. The Kier molecular flexibility index (Phi) is 7.60. The van der Waals surface area contributed by atoms with Crippen molar-refractivity contribution in [3.63, 3.8) is 0 Å². The first kappa shape index (κ1) is 22.6. The zero-order valence-corrected chi connectivity index (χ0v) is 19.4. The SMILES string of the molecule is Cc1ccc(NC(=O)NCCCCN2CCCN(c3csc4cc(F)ccc34)CC2)cc1. The van der Waals surface area contributed by atoms with Crippen LogP contribution in [0, 0.1) is 12.7 Å². The first-order valence-electron chi connectivity index (χ1n) is 11.3. The van der Waals surface area contributed by atoms with Gasteiger partial charge in [-0.1, -0.05) is 17.7 Å². The van der Waals surface area contributed by atoms with Gasteiger partial charge in [0.2, 0.25) is 0 Å². The molecule has 1 aliphatic heterocycles. The quantitative estimate of drug-likeness (QED) is 0.466. The Labute approximate surface area is 193 Å². The molecule has 0 radical (unpaired) electrons. The molecule has 2 heterocycles. The summed E-state index contributed by atoms with van der Waals surface area (Å²) in [6.07, 6.45) is 3.14. The van der Waals surface area contributed by atoms with Crippen LogP contribution >= 0.6 is 11.3 Å². The van der Waals surface area contributed by atoms with Gasteiger partial charge in [-0.05, 0) is 69.6 Å². The van der Waals surface area contributed by atoms with Crippen molar-refractivity contribution < 1.29 is 9.18 Å². The zero-order chi connectivity index (χ0) is 22.3. The van der Waals surface area contributed by atoms with Gasteiger partial charge in [-0.2, -0.15) is 0 Å². The number of urea groups is 1. The van der Waals surface area contributed by atoms with Crippen molar-refractivity contribution in [1.82, 2.24) is 10.2 Å². The van der Waals surface area contributed by atoms with Crippen LogP contribution < -0.4 is 15.5 Å². The molecule has 1 saturated heterocycles. The lowest BCUT2D eigenvalue weighted by atomic mass is 10.2. The first-order valence-corrected chi connectivity index (χ1v) is 12.2. The molecule has 0 spiro atoms. The van der Waals surface area contributed by atoms with Crippen molar-refractivity contribution in [2.24, 2.45) is 0 Å². The van der Waals surface area contributed by atoms with Gasteiger partial charge in [0, 0.05) is 47.3 Å². The van der Waals surface area contributed by atoms with Gasteiger partial charge < -0.3 is 20.4 Å². The van der Waals surface area contributed by atoms with Crippen molar-refractivity contribution >= 4 is 38.8 Å². The van der Waals surface area contributed by atoms with E-state index in [1.54, 1.807) is 23.5 Å². The summed E-state index contributed by atoms with van der Waals surface area (Å²) in [7, 11) is 0. The van der Waals surface area contributed by atoms with Gasteiger partial charge in [0.15, 0.2) is 0 Å². The molecule has 4 rings (SSSR count). The molecule has 1 fully saturated rings. The molecule has 0 unspecified atom stereocenters. The number of carbonyl (C=O) groups excluding carboxylic acids is 1. The molecule has 1 aromatic heterocycles. The average Bonchev–Trinajstić information content (AvgIpc) is 3.05. The summed E-state index contributed by atoms with van der Waals surface area (Å²) >= 11 is 1.62. The van der Waals surface area contributed by atoms with Crippen molar-refractivity contribution in [2.75, 3.05) is 49.5 Å². The van der Waals surface area contributed by atoms with Gasteiger partial charge in [0.25, 0.3) is 0 Å². The minimum absolute atomic E-state index is 0.151. The standard InChI is InChI=1S/C25H31FN4OS/c1-19-5-8-21(9-6-19)28-25(31)27-11-2-3-12-29-13-4-14-30(16-15-29)23-18-32-24-17-20(26)7-10-22(23)24/h5-10,17-18H,2-4,11-16H2,1H3,(H2,27,28,31). The van der Waals surface area contributed by atoms with Crippen LogP contribution in [0.15, 0.2) is 47.8 Å². The fourth-order valence-corrected chi connectivity index (χ4v) is 5.14. The van der Waals surface area contributed by atoms with Crippen molar-refractivity contribution in [2.45, 2.75) is 26.2 Å². The maximum absolute atomic E-state index is 13.5. The van der Waals surface area contributed by atoms with E-state index in [-0.39, 0.29) is 11.8 Å². The molecule has 2 aromatic carbocycles. The topological polar surface area (TPSA) is 47.6 Å². The minimum atomic E-state index is -0.171. The number of hydrogen-bond donors (Lipinski definition) is 2. The minimum Gasteiger partial charge on any atom is -0.369 e. The van der Waals surface area contributed by atoms with E-state index in [1.807, 2.05) is 37.3 Å². The normalized spacial score (nSPS) is 15.0. The molecule has 2 amide bonds. The van der Waals surface area contributed by atoms with Crippen molar-refractivity contribution in [1.29, 1.82) is 0 Å². The third-order valence-electron chi connectivity index (χ3n) is 5.94. The highest BCUT2D eigenvalue weighted by atomic mass is 32.1. The predicted molar refractivity (Wildman–Crippen MR) is 132 cm³/mol. The summed E-state index contributed by atoms with van der Waals surface area (Å²) in [4.78, 5) is 17.0. The van der Waals surface area contributed by atoms with Gasteiger partial charge in [0.05, 0.1) is 5.69 Å². The summed E-state index contributed by atoms with van der Waals surface area (Å²) in [6, 6.07) is 12.7. The summed E-state index contributed by atoms with van der Waals surface area (Å²) in [5.41, 5.74) is 3.22. The van der Waals surface area contributed by atoms with E-state index in [4.69, 9.17) is 0 Å². The van der Waals surface area contributed by atoms with Gasteiger partial charge in [-0.25, -0.2) is 9.18 Å². The molecule has 0 saturated carbocycles. The van der Waals surface area contributed by atoms with E-state index in [9.17, 15) is 9.18 Å². The van der Waals surface area contributed by atoms with Crippen LogP contribution in [0.1, 0.15) is 24.8 Å². The molecule has 3 aromatic rings. The van der Waals surface area contributed by atoms with Gasteiger partial charge in [-0.3, -0.25) is 0 Å². The number of amides is 2. The van der Waals surface area contributed by atoms with Crippen LogP contribution in [0.5, 0.6) is 0 Å². The number of hydrogen-bond acceptors (Lipinski definition) is 4. The fraction of sp³-hybridized carbons (Fsp3) is 0.400. The first-order chi connectivity index (χ1) is 15.6. The molecule has 0 bridgehead atoms. The number of nitrogens with one attached hydrogen (secondary N) is 2. The summed E-state index contributed by atoms with van der Waals surface area (Å²) in [6.45, 7) is 7.88. The largest absolute Gasteiger partial charge is 0.369 e. The van der Waals surface area contributed by atoms with E-state index in [0.717, 1.165) is 67.8 Å². The van der Waals surface area contributed by atoms with E-state index in [0.29, 0.717) is 6.54 Å². The number of rotatable bonds is 7. The van der Waals surface area contributed by atoms with Crippen LogP contribution in [0.3, 0.4) is 0 Å². The Morgan fingerprint density at radius 1 is 1.06 bits per heavy atom. The molecule has 170 valence electrons. The van der Waals surface area contributed by atoms with Gasteiger partial charge >= 0.3 is 6.03 Å². The lowest BCUT2D eigenvalue weighted by molar-refractivity contribution is 0.251. The molecular formula is C25H31FN4OS. The number of benzene rings is 2. The van der Waals surface area contributed by atoms with E-state index < -0.39 is 0 Å². The number of anilines is 2. The molecule has 0 atom stereocenters. The van der Waals surface area contributed by atoms with Crippen LogP contribution in [0.2, 0.25) is 0 Å². The number of thiophene rings is 1. The molecule has 2 N–H and O–H groups in total. The zero-order valence-electron chi connectivity index (χ0n) is 18.6. The molecule has 5 nitrogen and oxygen atoms in total. The Morgan fingerprint density at radius 3 is 2.75 bits per heavy atom. The number of nitrogens with zero attached hydrogens (tertiary/aromatic N) is 2. The molecular weight excluding hydrogens is 423 g/mol. The third-order valence-corrected chi connectivity index (χ3v) is 6.88. The predicted octanol–water partition coefficient (Wildman–Crippen LogP) is 5.46. The van der Waals surface area contributed by atoms with E-state index in [2.05, 4.69) is 25.8 Å². The molecule has 1 aliphatic rings. The molecule has 0 aliphatic carbocycles. The summed E-state index contributed by atoms with van der Waals surface area (Å²) in [5, 5.41) is 9.12. The van der Waals surface area contributed by atoms with Gasteiger partial charge in [-0.15, -0.1) is 11.3 Å². The van der Waals surface area contributed by atoms with Crippen LogP contribution in [-0.4, -0.2) is 50.2 Å². The van der Waals surface area contributed by atoms with Gasteiger partial charge in [0.1, 0.15) is 5.82 Å². The number of fused-ring (bicyclic) bond motifs is 1. The Bertz CT molecular complexity index is 1040. The Morgan fingerprint density at radius 2 is 1.91 bits per heavy atom. The highest BCUT2D eigenvalue weighted by molar-refractivity contribution is 7.17. The maximum Gasteiger partial charge on any atom is 0.319 e. The maximum atomic E-state index is 13.5. The van der Waals surface area contributed by atoms with E-state index in [1.165, 1.54) is 11.3 Å². The molecule has 7 heteroatoms. The Balaban J connectivity index is 1.16. The second-order valence-corrected chi connectivity index (χ2v) is 9.31. The second-order valence-electron chi connectivity index (χ2n) is 8.40. The lowest BCUT2D eigenvalue weighted by Gasteiger charge is -2.23. The third kappa shape index (κ3) is 5.99. The Hall–Kier alpha value is -2.64. The second kappa shape index (κ2) is 10.8. The van der Waals surface area contributed by atoms with Crippen LogP contribution in [-0.2, 0) is 0 Å². The highest BCUT2D eigenvalue weighted by Gasteiger charge is 2.17. The lowest BCUT2D eigenvalue weighted by Crippen LogP contribution is -2.32. The number of halogens is 1. The fourth-order valence-electron chi connectivity index (χ4n) is 4.14. The average molecular weight is 455 g/mol.